The van der Waals surface area contributed by atoms with Crippen LogP contribution in [0.15, 0.2) is 127 Å². The molecule has 4 aromatic carbocycles. The normalized spacial score (nSPS) is 22.4. The van der Waals surface area contributed by atoms with Crippen molar-refractivity contribution in [3.05, 3.63) is 148 Å². The standard InChI is InChI=1S/C52H61N3O10/c1-4-25-54(49(58)30-37-17-13-20-40(29-37)61-3)48-34-46(53-63-35-36-15-7-6-8-16-36)44-31-38(18-9-11-26-56)43(22-10-12-27-57)50-45-33-42(64-41-21-14-19-39(32-41)55(59)60)23-24-47(45)65-52(48,51(44)50)62-28-5-2/h5-8,13-17,19-21,23-24,29,31-33,38,43,48,50-51,56-57H,2,4,9-12,18,22,25-28,30,34-35H2,1,3H3. The number of aliphatic hydroxyl groups is 2. The van der Waals surface area contributed by atoms with Gasteiger partial charge in [0.2, 0.25) is 11.7 Å². The van der Waals surface area contributed by atoms with Crippen molar-refractivity contribution in [2.45, 2.75) is 89.1 Å². The number of oxime groups is 1. The highest BCUT2D eigenvalue weighted by Crippen LogP contribution is 2.62. The van der Waals surface area contributed by atoms with Crippen LogP contribution in [0, 0.1) is 27.9 Å². The molecular weight excluding hydrogens is 827 g/mol. The third-order valence-electron chi connectivity index (χ3n) is 12.8. The van der Waals surface area contributed by atoms with Crippen LogP contribution < -0.4 is 14.2 Å². The first-order valence-corrected chi connectivity index (χ1v) is 22.8. The number of unbranched alkanes of at least 4 members (excludes halogenated alkanes) is 2. The smallest absolute Gasteiger partial charge is 0.273 e. The van der Waals surface area contributed by atoms with Crippen LogP contribution in [0.5, 0.6) is 23.0 Å². The summed E-state index contributed by atoms with van der Waals surface area (Å²) in [6.45, 7) is 7.02. The number of fused-ring (bicyclic) bond motifs is 2. The second kappa shape index (κ2) is 22.3. The lowest BCUT2D eigenvalue weighted by atomic mass is 9.55. The van der Waals surface area contributed by atoms with E-state index in [-0.39, 0.29) is 68.6 Å². The number of nitro groups is 1. The van der Waals surface area contributed by atoms with Crippen molar-refractivity contribution in [3.8, 4) is 23.0 Å². The van der Waals surface area contributed by atoms with Gasteiger partial charge in [0.25, 0.3) is 5.69 Å². The quantitative estimate of drug-likeness (QED) is 0.0317. The molecule has 7 rings (SSSR count). The number of non-ortho nitro benzene ring substituents is 1. The summed E-state index contributed by atoms with van der Waals surface area (Å²) in [6.07, 6.45) is 9.44. The Hall–Kier alpha value is -6.02. The maximum Gasteiger partial charge on any atom is 0.273 e. The fourth-order valence-corrected chi connectivity index (χ4v) is 10.0. The van der Waals surface area contributed by atoms with E-state index in [0.29, 0.717) is 54.5 Å². The number of nitrogens with zero attached hydrogens (tertiary/aromatic N) is 3. The molecule has 3 aliphatic rings. The van der Waals surface area contributed by atoms with E-state index in [1.165, 1.54) is 12.1 Å². The summed E-state index contributed by atoms with van der Waals surface area (Å²) < 4.78 is 26.4. The molecule has 0 spiro atoms. The first kappa shape index (κ1) is 47.0. The zero-order chi connectivity index (χ0) is 45.8. The number of amides is 1. The molecule has 13 heteroatoms. The Bertz CT molecular complexity index is 2320. The Morgan fingerprint density at radius 1 is 0.938 bits per heavy atom. The van der Waals surface area contributed by atoms with Gasteiger partial charge >= 0.3 is 0 Å². The first-order chi connectivity index (χ1) is 31.7. The zero-order valence-electron chi connectivity index (χ0n) is 37.4. The van der Waals surface area contributed by atoms with Crippen molar-refractivity contribution < 1.29 is 43.7 Å². The topological polar surface area (TPSA) is 162 Å². The number of hydrogen-bond donors (Lipinski definition) is 2. The molecule has 2 N–H and O–H groups in total. The van der Waals surface area contributed by atoms with Crippen LogP contribution in [-0.4, -0.2) is 77.0 Å². The third-order valence-corrected chi connectivity index (χ3v) is 12.8. The summed E-state index contributed by atoms with van der Waals surface area (Å²) in [7, 11) is 1.61. The molecule has 13 nitrogen and oxygen atoms in total. The van der Waals surface area contributed by atoms with E-state index in [0.717, 1.165) is 47.9 Å². The van der Waals surface area contributed by atoms with Gasteiger partial charge in [-0.1, -0.05) is 85.6 Å². The number of carbonyl (C=O) groups excluding carboxylic acids is 1. The average Bonchev–Trinajstić information content (AvgIpc) is 3.32. The van der Waals surface area contributed by atoms with Crippen LogP contribution in [0.25, 0.3) is 0 Å². The summed E-state index contributed by atoms with van der Waals surface area (Å²) in [5, 5.41) is 36.6. The van der Waals surface area contributed by atoms with Gasteiger partial charge in [0.05, 0.1) is 42.8 Å². The Balaban J connectivity index is 1.43. The van der Waals surface area contributed by atoms with Crippen LogP contribution in [-0.2, 0) is 27.4 Å². The van der Waals surface area contributed by atoms with Gasteiger partial charge < -0.3 is 38.9 Å². The second-order valence-electron chi connectivity index (χ2n) is 17.0. The monoisotopic (exact) mass is 887 g/mol. The molecule has 0 saturated heterocycles. The summed E-state index contributed by atoms with van der Waals surface area (Å²) in [4.78, 5) is 34.4. The van der Waals surface area contributed by atoms with Crippen molar-refractivity contribution in [1.29, 1.82) is 0 Å². The number of benzene rings is 4. The van der Waals surface area contributed by atoms with Gasteiger partial charge in [0.15, 0.2) is 0 Å². The highest BCUT2D eigenvalue weighted by atomic mass is 16.7. The second-order valence-corrected chi connectivity index (χ2v) is 17.0. The molecule has 6 atom stereocenters. The highest BCUT2D eigenvalue weighted by Gasteiger charge is 2.65. The van der Waals surface area contributed by atoms with Crippen LogP contribution in [0.4, 0.5) is 5.69 Å². The lowest BCUT2D eigenvalue weighted by Gasteiger charge is -2.60. The molecule has 0 radical (unpaired) electrons. The number of nitro benzene ring substituents is 1. The predicted octanol–water partition coefficient (Wildman–Crippen LogP) is 9.71. The number of hydrogen-bond acceptors (Lipinski definition) is 11. The summed E-state index contributed by atoms with van der Waals surface area (Å²) in [5.41, 5.74) is 4.18. The van der Waals surface area contributed by atoms with Gasteiger partial charge in [-0.05, 0) is 97.0 Å². The van der Waals surface area contributed by atoms with E-state index >= 15 is 0 Å². The van der Waals surface area contributed by atoms with Crippen LogP contribution >= 0.6 is 0 Å². The molecule has 344 valence electrons. The van der Waals surface area contributed by atoms with Crippen LogP contribution in [0.1, 0.15) is 80.9 Å². The van der Waals surface area contributed by atoms with Crippen molar-refractivity contribution >= 4 is 17.3 Å². The fraction of sp³-hybridized carbons (Fsp3) is 0.423. The zero-order valence-corrected chi connectivity index (χ0v) is 37.4. The summed E-state index contributed by atoms with van der Waals surface area (Å²) in [5.74, 6) is -0.283. The van der Waals surface area contributed by atoms with E-state index < -0.39 is 22.7 Å². The summed E-state index contributed by atoms with van der Waals surface area (Å²) in [6, 6.07) is 28.4. The number of allylic oxidation sites excluding steroid dienone is 1. The number of methoxy groups -OCH3 is 1. The number of aliphatic hydroxyl groups excluding tert-OH is 2. The van der Waals surface area contributed by atoms with Gasteiger partial charge in [-0.25, -0.2) is 0 Å². The van der Waals surface area contributed by atoms with Crippen molar-refractivity contribution in [3.63, 3.8) is 0 Å². The van der Waals surface area contributed by atoms with Gasteiger partial charge in [-0.15, -0.1) is 6.58 Å². The van der Waals surface area contributed by atoms with Gasteiger partial charge in [-0.3, -0.25) is 14.9 Å². The lowest BCUT2D eigenvalue weighted by Crippen LogP contribution is -2.70. The maximum atomic E-state index is 15.0. The van der Waals surface area contributed by atoms with E-state index in [2.05, 4.69) is 12.7 Å². The molecule has 0 bridgehead atoms. The molecule has 1 heterocycles. The first-order valence-electron chi connectivity index (χ1n) is 22.8. The maximum absolute atomic E-state index is 15.0. The van der Waals surface area contributed by atoms with E-state index in [1.807, 2.05) is 78.6 Å². The number of rotatable bonds is 23. The molecular formula is C52H61N3O10. The molecule has 1 amide bonds. The van der Waals surface area contributed by atoms with E-state index in [4.69, 9.17) is 28.9 Å². The molecule has 4 aromatic rings. The average molecular weight is 888 g/mol. The Morgan fingerprint density at radius 3 is 2.42 bits per heavy atom. The number of carbonyl (C=O) groups is 1. The summed E-state index contributed by atoms with van der Waals surface area (Å²) >= 11 is 0. The number of ether oxygens (including phenoxy) is 4. The Labute approximate surface area is 381 Å². The van der Waals surface area contributed by atoms with Gasteiger partial charge in [0.1, 0.15) is 35.6 Å². The minimum atomic E-state index is -1.43. The SMILES string of the molecule is C=CCOC12Oc3ccc(Oc4cccc([N+](=O)[O-])c4)cc3C3C(CCCCO)C(CCCCO)C=C(C(=NOCc4ccccc4)CC1N(CCC)C(=O)Cc1cccc(OC)c1)C32. The van der Waals surface area contributed by atoms with E-state index in [9.17, 15) is 25.1 Å². The van der Waals surface area contributed by atoms with Crippen molar-refractivity contribution in [2.24, 2.45) is 22.9 Å². The van der Waals surface area contributed by atoms with E-state index in [1.54, 1.807) is 31.4 Å². The molecule has 6 unspecified atom stereocenters. The van der Waals surface area contributed by atoms with Crippen LogP contribution in [0.2, 0.25) is 0 Å². The van der Waals surface area contributed by atoms with Crippen molar-refractivity contribution in [2.75, 3.05) is 33.5 Å². The molecule has 0 aromatic heterocycles. The van der Waals surface area contributed by atoms with Gasteiger partial charge in [0, 0.05) is 43.7 Å². The highest BCUT2D eigenvalue weighted by molar-refractivity contribution is 6.03. The largest absolute Gasteiger partial charge is 0.497 e. The molecule has 1 aliphatic heterocycles. The van der Waals surface area contributed by atoms with Crippen molar-refractivity contribution in [1.82, 2.24) is 4.90 Å². The minimum Gasteiger partial charge on any atom is -0.497 e. The molecule has 65 heavy (non-hydrogen) atoms. The lowest BCUT2D eigenvalue weighted by molar-refractivity contribution is -0.384. The molecule has 2 aliphatic carbocycles. The molecule has 1 fully saturated rings. The Morgan fingerprint density at radius 2 is 1.68 bits per heavy atom. The van der Waals surface area contributed by atoms with Gasteiger partial charge in [-0.2, -0.15) is 0 Å². The van der Waals surface area contributed by atoms with Crippen LogP contribution in [0.3, 0.4) is 0 Å². The fourth-order valence-electron chi connectivity index (χ4n) is 10.0. The third kappa shape index (κ3) is 10.8. The minimum absolute atomic E-state index is 0.00578. The molecule has 1 saturated carbocycles. The predicted molar refractivity (Wildman–Crippen MR) is 248 cm³/mol. The Kier molecular flexibility index (Phi) is 16.1.